The number of amides is 1. The Hall–Kier alpha value is -1.95. The molecule has 0 aromatic heterocycles. The highest BCUT2D eigenvalue weighted by Crippen LogP contribution is 2.37. The van der Waals surface area contributed by atoms with Crippen molar-refractivity contribution in [2.75, 3.05) is 13.7 Å². The topological polar surface area (TPSA) is 84.9 Å². The van der Waals surface area contributed by atoms with Crippen LogP contribution in [-0.2, 0) is 4.79 Å². The van der Waals surface area contributed by atoms with Crippen LogP contribution in [0.25, 0.3) is 0 Å². The van der Waals surface area contributed by atoms with Crippen molar-refractivity contribution in [3.8, 4) is 11.5 Å². The largest absolute Gasteiger partial charge is 0.493 e. The molecule has 0 heterocycles. The first kappa shape index (κ1) is 18.4. The minimum absolute atomic E-state index is 0.244. The summed E-state index contributed by atoms with van der Waals surface area (Å²) in [6.45, 7) is 2.44. The van der Waals surface area contributed by atoms with E-state index in [0.717, 1.165) is 19.3 Å². The quantitative estimate of drug-likeness (QED) is 0.784. The zero-order valence-corrected chi connectivity index (χ0v) is 14.6. The SMILES string of the molecule is CCCOc1c(Cl)cc(C(=O)NC2(C(=O)O)CCCC2)cc1OC. The third-order valence-electron chi connectivity index (χ3n) is 4.16. The van der Waals surface area contributed by atoms with Gasteiger partial charge in [-0.3, -0.25) is 4.79 Å². The highest BCUT2D eigenvalue weighted by atomic mass is 35.5. The number of hydrogen-bond donors (Lipinski definition) is 2. The Bertz CT molecular complexity index is 626. The summed E-state index contributed by atoms with van der Waals surface area (Å²) < 4.78 is 10.8. The van der Waals surface area contributed by atoms with Gasteiger partial charge in [0.05, 0.1) is 18.7 Å². The summed E-state index contributed by atoms with van der Waals surface area (Å²) in [5.41, 5.74) is -0.956. The van der Waals surface area contributed by atoms with E-state index in [1.807, 2.05) is 6.92 Å². The summed E-state index contributed by atoms with van der Waals surface area (Å²) in [5, 5.41) is 12.4. The maximum absolute atomic E-state index is 12.5. The number of hydrogen-bond acceptors (Lipinski definition) is 4. The Balaban J connectivity index is 2.26. The van der Waals surface area contributed by atoms with Crippen LogP contribution in [0.1, 0.15) is 49.4 Å². The van der Waals surface area contributed by atoms with Crippen LogP contribution < -0.4 is 14.8 Å². The monoisotopic (exact) mass is 355 g/mol. The third kappa shape index (κ3) is 3.75. The highest BCUT2D eigenvalue weighted by molar-refractivity contribution is 6.32. The molecule has 1 aromatic rings. The number of carbonyl (C=O) groups is 2. The summed E-state index contributed by atoms with van der Waals surface area (Å²) in [6, 6.07) is 2.98. The summed E-state index contributed by atoms with van der Waals surface area (Å²) in [6.07, 6.45) is 3.22. The minimum atomic E-state index is -1.20. The molecule has 1 amide bonds. The average molecular weight is 356 g/mol. The molecule has 2 N–H and O–H groups in total. The number of carboxylic acids is 1. The fourth-order valence-corrected chi connectivity index (χ4v) is 3.12. The number of benzene rings is 1. The zero-order valence-electron chi connectivity index (χ0n) is 13.9. The zero-order chi connectivity index (χ0) is 17.7. The van der Waals surface area contributed by atoms with Crippen LogP contribution in [0.2, 0.25) is 5.02 Å². The van der Waals surface area contributed by atoms with Gasteiger partial charge in [0.25, 0.3) is 5.91 Å². The first-order valence-corrected chi connectivity index (χ1v) is 8.37. The van der Waals surface area contributed by atoms with Crippen molar-refractivity contribution >= 4 is 23.5 Å². The number of ether oxygens (including phenoxy) is 2. The molecule has 1 aliphatic carbocycles. The molecule has 0 atom stereocenters. The van der Waals surface area contributed by atoms with Crippen molar-refractivity contribution in [1.82, 2.24) is 5.32 Å². The Kier molecular flexibility index (Phi) is 5.94. The van der Waals surface area contributed by atoms with Crippen LogP contribution >= 0.6 is 11.6 Å². The number of halogens is 1. The van der Waals surface area contributed by atoms with Crippen molar-refractivity contribution < 1.29 is 24.2 Å². The van der Waals surface area contributed by atoms with E-state index in [1.165, 1.54) is 19.2 Å². The first-order valence-electron chi connectivity index (χ1n) is 7.99. The number of carbonyl (C=O) groups excluding carboxylic acids is 1. The van der Waals surface area contributed by atoms with Crippen molar-refractivity contribution in [2.24, 2.45) is 0 Å². The van der Waals surface area contributed by atoms with E-state index in [1.54, 1.807) is 0 Å². The summed E-state index contributed by atoms with van der Waals surface area (Å²) in [5.74, 6) is -0.765. The second-order valence-corrected chi connectivity index (χ2v) is 6.29. The van der Waals surface area contributed by atoms with Crippen molar-refractivity contribution in [3.05, 3.63) is 22.7 Å². The van der Waals surface area contributed by atoms with Crippen molar-refractivity contribution in [1.29, 1.82) is 0 Å². The molecule has 1 aromatic carbocycles. The molecule has 6 nitrogen and oxygen atoms in total. The molecule has 0 spiro atoms. The normalized spacial score (nSPS) is 15.8. The molecule has 2 rings (SSSR count). The predicted molar refractivity (Wildman–Crippen MR) is 90.1 cm³/mol. The van der Waals surface area contributed by atoms with Crippen LogP contribution in [0.4, 0.5) is 0 Å². The van der Waals surface area contributed by atoms with Gasteiger partial charge in [-0.05, 0) is 31.4 Å². The smallest absolute Gasteiger partial charge is 0.329 e. The lowest BCUT2D eigenvalue weighted by atomic mass is 9.97. The fourth-order valence-electron chi connectivity index (χ4n) is 2.86. The van der Waals surface area contributed by atoms with Gasteiger partial charge < -0.3 is 19.9 Å². The van der Waals surface area contributed by atoms with Gasteiger partial charge in [-0.1, -0.05) is 31.4 Å². The highest BCUT2D eigenvalue weighted by Gasteiger charge is 2.42. The number of methoxy groups -OCH3 is 1. The van der Waals surface area contributed by atoms with Gasteiger partial charge in [-0.15, -0.1) is 0 Å². The lowest BCUT2D eigenvalue weighted by Crippen LogP contribution is -2.52. The molecule has 132 valence electrons. The molecule has 1 fully saturated rings. The summed E-state index contributed by atoms with van der Waals surface area (Å²) in [7, 11) is 1.46. The van der Waals surface area contributed by atoms with Crippen LogP contribution in [0.3, 0.4) is 0 Å². The van der Waals surface area contributed by atoms with Gasteiger partial charge in [0.1, 0.15) is 5.54 Å². The van der Waals surface area contributed by atoms with Gasteiger partial charge in [0.15, 0.2) is 11.5 Å². The standard InChI is InChI=1S/C17H22ClNO5/c1-3-8-24-14-12(18)9-11(10-13(14)23-2)15(20)19-17(16(21)22)6-4-5-7-17/h9-10H,3-8H2,1-2H3,(H,19,20)(H,21,22). The summed E-state index contributed by atoms with van der Waals surface area (Å²) in [4.78, 5) is 24.1. The van der Waals surface area contributed by atoms with E-state index in [0.29, 0.717) is 30.9 Å². The number of nitrogens with one attached hydrogen (secondary N) is 1. The van der Waals surface area contributed by atoms with Crippen LogP contribution in [0.15, 0.2) is 12.1 Å². The molecule has 0 bridgehead atoms. The number of rotatable bonds is 7. The minimum Gasteiger partial charge on any atom is -0.493 e. The van der Waals surface area contributed by atoms with Crippen molar-refractivity contribution in [3.63, 3.8) is 0 Å². The third-order valence-corrected chi connectivity index (χ3v) is 4.44. The van der Waals surface area contributed by atoms with E-state index < -0.39 is 17.4 Å². The average Bonchev–Trinajstić information content (AvgIpc) is 3.02. The lowest BCUT2D eigenvalue weighted by molar-refractivity contribution is -0.144. The molecule has 1 saturated carbocycles. The van der Waals surface area contributed by atoms with Gasteiger partial charge in [0, 0.05) is 5.56 Å². The maximum Gasteiger partial charge on any atom is 0.329 e. The van der Waals surface area contributed by atoms with Gasteiger partial charge in [-0.2, -0.15) is 0 Å². The van der Waals surface area contributed by atoms with E-state index in [9.17, 15) is 14.7 Å². The van der Waals surface area contributed by atoms with Gasteiger partial charge in [0.2, 0.25) is 0 Å². The lowest BCUT2D eigenvalue weighted by Gasteiger charge is -2.25. The Morgan fingerprint density at radius 2 is 2.00 bits per heavy atom. The number of aliphatic carboxylic acids is 1. The molecule has 0 radical (unpaired) electrons. The molecule has 0 aliphatic heterocycles. The molecule has 7 heteroatoms. The first-order chi connectivity index (χ1) is 11.4. The van der Waals surface area contributed by atoms with E-state index in [-0.39, 0.29) is 10.6 Å². The second kappa shape index (κ2) is 7.75. The fraction of sp³-hybridized carbons (Fsp3) is 0.529. The van der Waals surface area contributed by atoms with Crippen LogP contribution in [0, 0.1) is 0 Å². The van der Waals surface area contributed by atoms with E-state index in [2.05, 4.69) is 5.32 Å². The van der Waals surface area contributed by atoms with E-state index >= 15 is 0 Å². The summed E-state index contributed by atoms with van der Waals surface area (Å²) >= 11 is 6.21. The van der Waals surface area contributed by atoms with Crippen LogP contribution in [-0.4, -0.2) is 36.2 Å². The van der Waals surface area contributed by atoms with Gasteiger partial charge in [-0.25, -0.2) is 4.79 Å². The van der Waals surface area contributed by atoms with E-state index in [4.69, 9.17) is 21.1 Å². The molecule has 24 heavy (non-hydrogen) atoms. The molecule has 0 saturated heterocycles. The number of carboxylic acid groups (broad SMARTS) is 1. The van der Waals surface area contributed by atoms with Gasteiger partial charge >= 0.3 is 5.97 Å². The molecular formula is C17H22ClNO5. The molecular weight excluding hydrogens is 334 g/mol. The Morgan fingerprint density at radius 1 is 1.33 bits per heavy atom. The van der Waals surface area contributed by atoms with Crippen LogP contribution in [0.5, 0.6) is 11.5 Å². The second-order valence-electron chi connectivity index (χ2n) is 5.89. The molecule has 0 unspecified atom stereocenters. The predicted octanol–water partition coefficient (Wildman–Crippen LogP) is 3.26. The molecule has 1 aliphatic rings. The maximum atomic E-state index is 12.5. The Labute approximate surface area is 146 Å². The van der Waals surface area contributed by atoms with Crippen molar-refractivity contribution in [2.45, 2.75) is 44.6 Å². The Morgan fingerprint density at radius 3 is 2.54 bits per heavy atom.